The largest absolute Gasteiger partial charge is 0.271 e. The lowest BCUT2D eigenvalue weighted by atomic mass is 10.0. The van der Waals surface area contributed by atoms with Crippen LogP contribution in [0.2, 0.25) is 0 Å². The molecule has 2 aliphatic heterocycles. The lowest BCUT2D eigenvalue weighted by Crippen LogP contribution is -2.17. The van der Waals surface area contributed by atoms with E-state index < -0.39 is 0 Å². The smallest absolute Gasteiger partial charge is 0.258 e. The van der Waals surface area contributed by atoms with Crippen molar-refractivity contribution < 1.29 is 4.79 Å². The van der Waals surface area contributed by atoms with Crippen molar-refractivity contribution in [2.75, 3.05) is 0 Å². The minimum atomic E-state index is -0.283. The van der Waals surface area contributed by atoms with E-state index in [9.17, 15) is 4.79 Å². The van der Waals surface area contributed by atoms with Crippen LogP contribution in [0.3, 0.4) is 0 Å². The van der Waals surface area contributed by atoms with Crippen LogP contribution in [0.15, 0.2) is 32.3 Å². The number of halogens is 1. The first kappa shape index (κ1) is 7.61. The second-order valence-corrected chi connectivity index (χ2v) is 3.41. The second kappa shape index (κ2) is 2.79. The maximum Gasteiger partial charge on any atom is 0.258 e. The lowest BCUT2D eigenvalue weighted by molar-refractivity contribution is -0.119. The van der Waals surface area contributed by atoms with Gasteiger partial charge in [0.15, 0.2) is 0 Å². The average molecular weight is 225 g/mol. The highest BCUT2D eigenvalue weighted by molar-refractivity contribution is 9.12. The van der Waals surface area contributed by atoms with Crippen molar-refractivity contribution in [3.05, 3.63) is 22.3 Å². The molecule has 0 fully saturated rings. The van der Waals surface area contributed by atoms with Crippen molar-refractivity contribution in [2.24, 2.45) is 15.9 Å². The fourth-order valence-corrected chi connectivity index (χ4v) is 1.48. The number of carbonyl (C=O) groups is 1. The molecule has 2 aliphatic rings. The molecule has 3 nitrogen and oxygen atoms in total. The van der Waals surface area contributed by atoms with Gasteiger partial charge in [0.1, 0.15) is 5.92 Å². The Bertz CT molecular complexity index is 352. The van der Waals surface area contributed by atoms with Crippen LogP contribution in [-0.2, 0) is 4.79 Å². The highest BCUT2D eigenvalue weighted by Crippen LogP contribution is 2.25. The van der Waals surface area contributed by atoms with E-state index in [4.69, 9.17) is 0 Å². The van der Waals surface area contributed by atoms with Gasteiger partial charge in [-0.15, -0.1) is 0 Å². The summed E-state index contributed by atoms with van der Waals surface area (Å²) in [4.78, 5) is 19.0. The molecule has 0 aromatic carbocycles. The molecule has 60 valence electrons. The summed E-state index contributed by atoms with van der Waals surface area (Å²) in [5.74, 6) is -0.435. The zero-order valence-corrected chi connectivity index (χ0v) is 7.65. The fraction of sp³-hybridized carbons (Fsp3) is 0.125. The molecular weight excluding hydrogens is 220 g/mol. The quantitative estimate of drug-likeness (QED) is 0.615. The third kappa shape index (κ3) is 1.18. The van der Waals surface area contributed by atoms with Gasteiger partial charge in [-0.1, -0.05) is 6.08 Å². The Morgan fingerprint density at radius 3 is 3.08 bits per heavy atom. The summed E-state index contributed by atoms with van der Waals surface area (Å²) in [6.07, 6.45) is 6.71. The van der Waals surface area contributed by atoms with Crippen LogP contribution in [0, 0.1) is 5.92 Å². The van der Waals surface area contributed by atoms with E-state index in [0.717, 1.165) is 10.2 Å². The van der Waals surface area contributed by atoms with Gasteiger partial charge < -0.3 is 0 Å². The summed E-state index contributed by atoms with van der Waals surface area (Å²) in [6.45, 7) is 0. The standard InChI is InChI=1S/C8H5BrN2O/c9-5-3-6-7(11-4-5)1-2-10-8(6)12/h1-4,6H. The predicted octanol–water partition coefficient (Wildman–Crippen LogP) is 1.46. The number of amides is 1. The van der Waals surface area contributed by atoms with Crippen LogP contribution in [0.1, 0.15) is 0 Å². The minimum Gasteiger partial charge on any atom is -0.271 e. The van der Waals surface area contributed by atoms with E-state index >= 15 is 0 Å². The molecule has 1 unspecified atom stereocenters. The zero-order chi connectivity index (χ0) is 8.55. The van der Waals surface area contributed by atoms with E-state index in [1.54, 1.807) is 18.4 Å². The van der Waals surface area contributed by atoms with Gasteiger partial charge >= 0.3 is 0 Å². The van der Waals surface area contributed by atoms with Gasteiger partial charge in [-0.2, -0.15) is 0 Å². The van der Waals surface area contributed by atoms with Crippen molar-refractivity contribution in [3.63, 3.8) is 0 Å². The zero-order valence-electron chi connectivity index (χ0n) is 6.07. The Kier molecular flexibility index (Phi) is 1.77. The predicted molar refractivity (Wildman–Crippen MR) is 50.6 cm³/mol. The van der Waals surface area contributed by atoms with Crippen molar-refractivity contribution in [2.45, 2.75) is 0 Å². The van der Waals surface area contributed by atoms with E-state index in [1.165, 1.54) is 6.21 Å². The van der Waals surface area contributed by atoms with Crippen molar-refractivity contribution in [3.8, 4) is 0 Å². The molecule has 0 aliphatic carbocycles. The Hall–Kier alpha value is -1.03. The number of hydrogen-bond donors (Lipinski definition) is 0. The van der Waals surface area contributed by atoms with Gasteiger partial charge in [-0.3, -0.25) is 9.79 Å². The summed E-state index contributed by atoms with van der Waals surface area (Å²) in [6, 6.07) is 0. The summed E-state index contributed by atoms with van der Waals surface area (Å²) in [7, 11) is 0. The molecule has 1 amide bonds. The number of rotatable bonds is 0. The molecule has 0 bridgehead atoms. The summed E-state index contributed by atoms with van der Waals surface area (Å²) < 4.78 is 0.829. The molecule has 0 spiro atoms. The highest BCUT2D eigenvalue weighted by atomic mass is 79.9. The molecule has 0 aromatic heterocycles. The Labute approximate surface area is 77.7 Å². The molecule has 2 heterocycles. The van der Waals surface area contributed by atoms with Gasteiger partial charge in [-0.05, 0) is 22.0 Å². The molecule has 2 rings (SSSR count). The van der Waals surface area contributed by atoms with Gasteiger partial charge in [0.05, 0.1) is 5.70 Å². The van der Waals surface area contributed by atoms with Gasteiger partial charge in [0.25, 0.3) is 5.91 Å². The average Bonchev–Trinajstić information content (AvgIpc) is 2.07. The number of dihydropyridines is 2. The Morgan fingerprint density at radius 1 is 1.42 bits per heavy atom. The second-order valence-electron chi connectivity index (χ2n) is 2.50. The molecule has 0 saturated carbocycles. The van der Waals surface area contributed by atoms with Crippen LogP contribution >= 0.6 is 15.9 Å². The molecule has 0 N–H and O–H groups in total. The molecule has 0 radical (unpaired) electrons. The number of aliphatic imine (C=N–C) groups is 2. The molecule has 0 saturated heterocycles. The van der Waals surface area contributed by atoms with E-state index in [1.807, 2.05) is 0 Å². The molecule has 1 atom stereocenters. The summed E-state index contributed by atoms with van der Waals surface area (Å²) in [5, 5.41) is 0. The van der Waals surface area contributed by atoms with Crippen molar-refractivity contribution in [1.82, 2.24) is 0 Å². The van der Waals surface area contributed by atoms with Crippen LogP contribution in [0.4, 0.5) is 0 Å². The van der Waals surface area contributed by atoms with E-state index in [2.05, 4.69) is 25.9 Å². The number of allylic oxidation sites excluding steroid dienone is 2. The Balaban J connectivity index is 2.43. The summed E-state index contributed by atoms with van der Waals surface area (Å²) in [5.41, 5.74) is 0.762. The molecule has 4 heteroatoms. The van der Waals surface area contributed by atoms with Crippen molar-refractivity contribution >= 4 is 34.3 Å². The Morgan fingerprint density at radius 2 is 2.25 bits per heavy atom. The first-order valence-electron chi connectivity index (χ1n) is 3.47. The van der Waals surface area contributed by atoms with Gasteiger partial charge in [-0.25, -0.2) is 4.99 Å². The van der Waals surface area contributed by atoms with Gasteiger partial charge in [0, 0.05) is 16.9 Å². The number of carbonyl (C=O) groups excluding carboxylic acids is 1. The number of hydrogen-bond acceptors (Lipinski definition) is 2. The fourth-order valence-electron chi connectivity index (χ4n) is 1.12. The number of fused-ring (bicyclic) bond motifs is 1. The molecule has 12 heavy (non-hydrogen) atoms. The maximum absolute atomic E-state index is 11.2. The topological polar surface area (TPSA) is 41.8 Å². The molecular formula is C8H5BrN2O. The van der Waals surface area contributed by atoms with E-state index in [0.29, 0.717) is 0 Å². The van der Waals surface area contributed by atoms with Crippen LogP contribution in [0.5, 0.6) is 0 Å². The van der Waals surface area contributed by atoms with Crippen molar-refractivity contribution in [1.29, 1.82) is 0 Å². The first-order valence-corrected chi connectivity index (χ1v) is 4.26. The number of nitrogens with zero attached hydrogens (tertiary/aromatic N) is 2. The van der Waals surface area contributed by atoms with Gasteiger partial charge in [0.2, 0.25) is 0 Å². The first-order chi connectivity index (χ1) is 5.77. The lowest BCUT2D eigenvalue weighted by Gasteiger charge is -2.15. The maximum atomic E-state index is 11.2. The minimum absolute atomic E-state index is 0.152. The SMILES string of the molecule is O=C1N=CC=C2N=CC(Br)=CC12. The normalized spacial score (nSPS) is 26.4. The highest BCUT2D eigenvalue weighted by Gasteiger charge is 2.24. The van der Waals surface area contributed by atoms with Crippen LogP contribution in [-0.4, -0.2) is 18.3 Å². The summed E-state index contributed by atoms with van der Waals surface area (Å²) >= 11 is 3.26. The monoisotopic (exact) mass is 224 g/mol. The third-order valence-electron chi connectivity index (χ3n) is 1.69. The molecule has 0 aromatic rings. The van der Waals surface area contributed by atoms with E-state index in [-0.39, 0.29) is 11.8 Å². The van der Waals surface area contributed by atoms with Crippen LogP contribution < -0.4 is 0 Å². The third-order valence-corrected chi connectivity index (χ3v) is 2.16. The van der Waals surface area contributed by atoms with Crippen LogP contribution in [0.25, 0.3) is 0 Å².